The van der Waals surface area contributed by atoms with Crippen LogP contribution in [0.2, 0.25) is 0 Å². The number of aliphatic hydroxyl groups excluding tert-OH is 2. The number of rotatable bonds is 20. The number of pyridine rings is 1. The molecule has 3 aliphatic rings. The molecule has 0 spiro atoms. The number of ether oxygens (including phenoxy) is 4. The van der Waals surface area contributed by atoms with Crippen LogP contribution < -0.4 is 9.47 Å². The van der Waals surface area contributed by atoms with E-state index in [1.807, 2.05) is 44.2 Å². The molecule has 0 saturated heterocycles. The number of amides is 1. The Morgan fingerprint density at radius 2 is 1.91 bits per heavy atom. The SMILES string of the molecule is C=CCCOC(=O)N(C)C1CC(=NOCC)C2=CC(CCCCO)C(CCCCO)C3c4cc(OCc5cccc(C)n5)ccc4OC1(OCC=C)C23. The largest absolute Gasteiger partial charge is 0.487 e. The number of carbonyl (C=O) groups excluding carboxylic acids is 1. The summed E-state index contributed by atoms with van der Waals surface area (Å²) in [5, 5.41) is 24.3. The van der Waals surface area contributed by atoms with Crippen molar-refractivity contribution in [2.24, 2.45) is 22.9 Å². The van der Waals surface area contributed by atoms with Gasteiger partial charge in [-0.1, -0.05) is 42.3 Å². The van der Waals surface area contributed by atoms with Crippen molar-refractivity contribution in [1.29, 1.82) is 0 Å². The van der Waals surface area contributed by atoms with E-state index in [0.29, 0.717) is 50.4 Å². The van der Waals surface area contributed by atoms with Gasteiger partial charge < -0.3 is 38.9 Å². The Morgan fingerprint density at radius 3 is 2.62 bits per heavy atom. The van der Waals surface area contributed by atoms with Crippen LogP contribution in [0.4, 0.5) is 4.79 Å². The van der Waals surface area contributed by atoms with E-state index >= 15 is 0 Å². The second kappa shape index (κ2) is 19.2. The Bertz CT molecular complexity index is 1610. The van der Waals surface area contributed by atoms with Gasteiger partial charge in [-0.05, 0) is 93.7 Å². The number of unbranched alkanes of at least 4 members (excludes halogenated alkanes) is 2. The van der Waals surface area contributed by atoms with Crippen LogP contribution in [0.15, 0.2) is 78.5 Å². The predicted octanol–water partition coefficient (Wildman–Crippen LogP) is 7.27. The van der Waals surface area contributed by atoms with Crippen molar-refractivity contribution in [2.45, 2.75) is 89.6 Å². The molecular weight excluding hydrogens is 674 g/mol. The first-order chi connectivity index (χ1) is 25.8. The van der Waals surface area contributed by atoms with Crippen LogP contribution in [0.5, 0.6) is 11.5 Å². The molecule has 2 aliphatic carbocycles. The summed E-state index contributed by atoms with van der Waals surface area (Å²) in [5.74, 6) is -0.313. The normalized spacial score (nSPS) is 25.0. The Labute approximate surface area is 314 Å². The Hall–Kier alpha value is -4.19. The van der Waals surface area contributed by atoms with Crippen LogP contribution in [0.3, 0.4) is 0 Å². The van der Waals surface area contributed by atoms with Gasteiger partial charge in [-0.3, -0.25) is 4.98 Å². The third-order valence-electron chi connectivity index (χ3n) is 10.6. The van der Waals surface area contributed by atoms with Gasteiger partial charge in [0.05, 0.1) is 30.5 Å². The van der Waals surface area contributed by atoms with E-state index in [2.05, 4.69) is 35.4 Å². The molecule has 0 bridgehead atoms. The lowest BCUT2D eigenvalue weighted by Gasteiger charge is -2.59. The highest BCUT2D eigenvalue weighted by molar-refractivity contribution is 6.02. The van der Waals surface area contributed by atoms with Crippen LogP contribution in [0, 0.1) is 24.7 Å². The van der Waals surface area contributed by atoms with Gasteiger partial charge in [-0.25, -0.2) is 4.79 Å². The number of hydrogen-bond acceptors (Lipinski definition) is 10. The molecule has 5 rings (SSSR count). The maximum atomic E-state index is 13.7. The van der Waals surface area contributed by atoms with Crippen molar-refractivity contribution in [1.82, 2.24) is 9.88 Å². The number of aryl methyl sites for hydroxylation is 1. The fourth-order valence-corrected chi connectivity index (χ4v) is 8.26. The monoisotopic (exact) mass is 731 g/mol. The maximum Gasteiger partial charge on any atom is 0.409 e. The summed E-state index contributed by atoms with van der Waals surface area (Å²) in [5.41, 5.74) is 4.46. The number of nitrogens with zero attached hydrogens (tertiary/aromatic N) is 3. The number of hydrogen-bond donors (Lipinski definition) is 2. The fourth-order valence-electron chi connectivity index (χ4n) is 8.26. The zero-order chi connectivity index (χ0) is 37.8. The van der Waals surface area contributed by atoms with Crippen molar-refractivity contribution in [3.63, 3.8) is 0 Å². The number of aliphatic hydroxyl groups is 2. The molecule has 6 unspecified atom stereocenters. The molecule has 0 radical (unpaired) electrons. The highest BCUT2D eigenvalue weighted by Gasteiger charge is 2.65. The summed E-state index contributed by atoms with van der Waals surface area (Å²) in [6, 6.07) is 11.2. The highest BCUT2D eigenvalue weighted by atomic mass is 16.7. The van der Waals surface area contributed by atoms with Crippen molar-refractivity contribution in [3.8, 4) is 11.5 Å². The molecule has 2 N–H and O–H groups in total. The zero-order valence-electron chi connectivity index (χ0n) is 31.6. The van der Waals surface area contributed by atoms with Gasteiger partial charge in [0.1, 0.15) is 30.8 Å². The van der Waals surface area contributed by atoms with E-state index < -0.39 is 23.8 Å². The number of oxime groups is 1. The van der Waals surface area contributed by atoms with E-state index in [9.17, 15) is 15.0 Å². The Balaban J connectivity index is 1.70. The van der Waals surface area contributed by atoms with E-state index in [0.717, 1.165) is 53.9 Å². The third-order valence-corrected chi connectivity index (χ3v) is 10.6. The van der Waals surface area contributed by atoms with Crippen LogP contribution in [-0.2, 0) is 20.9 Å². The average Bonchev–Trinajstić information content (AvgIpc) is 3.16. The summed E-state index contributed by atoms with van der Waals surface area (Å²) in [6.45, 7) is 12.9. The second-order valence-corrected chi connectivity index (χ2v) is 14.1. The predicted molar refractivity (Wildman–Crippen MR) is 204 cm³/mol. The number of likely N-dealkylation sites (N-methyl/N-ethyl adjacent to an activating group) is 1. The molecule has 11 heteroatoms. The van der Waals surface area contributed by atoms with Crippen molar-refractivity contribution in [3.05, 3.63) is 90.3 Å². The number of fused-ring (bicyclic) bond motifs is 2. The van der Waals surface area contributed by atoms with Gasteiger partial charge in [0.25, 0.3) is 0 Å². The molecular formula is C42H57N3O8. The maximum absolute atomic E-state index is 13.7. The molecule has 6 atom stereocenters. The smallest absolute Gasteiger partial charge is 0.409 e. The van der Waals surface area contributed by atoms with Crippen molar-refractivity contribution in [2.75, 3.05) is 40.1 Å². The molecule has 1 saturated carbocycles. The van der Waals surface area contributed by atoms with Gasteiger partial charge in [0.2, 0.25) is 5.79 Å². The summed E-state index contributed by atoms with van der Waals surface area (Å²) < 4.78 is 26.1. The Kier molecular flexibility index (Phi) is 14.5. The minimum absolute atomic E-state index is 0.106. The number of aromatic nitrogens is 1. The molecule has 2 heterocycles. The van der Waals surface area contributed by atoms with Crippen LogP contribution in [0.1, 0.15) is 81.2 Å². The lowest BCUT2D eigenvalue weighted by Crippen LogP contribution is -2.69. The molecule has 1 aliphatic heterocycles. The molecule has 288 valence electrons. The number of benzene rings is 1. The van der Waals surface area contributed by atoms with Crippen LogP contribution >= 0.6 is 0 Å². The summed E-state index contributed by atoms with van der Waals surface area (Å²) in [4.78, 5) is 25.6. The number of carbonyl (C=O) groups is 1. The first kappa shape index (κ1) is 40.0. The third kappa shape index (κ3) is 9.13. The minimum atomic E-state index is -1.34. The second-order valence-electron chi connectivity index (χ2n) is 14.1. The van der Waals surface area contributed by atoms with Crippen LogP contribution in [0.25, 0.3) is 0 Å². The molecule has 1 aromatic heterocycles. The van der Waals surface area contributed by atoms with E-state index in [1.54, 1.807) is 24.1 Å². The summed E-state index contributed by atoms with van der Waals surface area (Å²) >= 11 is 0. The van der Waals surface area contributed by atoms with Gasteiger partial charge in [-0.2, -0.15) is 0 Å². The van der Waals surface area contributed by atoms with Gasteiger partial charge in [0.15, 0.2) is 0 Å². The number of allylic oxidation sites excluding steroid dienone is 1. The molecule has 1 aromatic carbocycles. The molecule has 1 amide bonds. The first-order valence-corrected chi connectivity index (χ1v) is 19.1. The fraction of sp³-hybridized carbons (Fsp3) is 0.548. The Morgan fingerprint density at radius 1 is 1.11 bits per heavy atom. The zero-order valence-corrected chi connectivity index (χ0v) is 31.6. The first-order valence-electron chi connectivity index (χ1n) is 19.1. The average molecular weight is 732 g/mol. The van der Waals surface area contributed by atoms with Crippen LogP contribution in [-0.4, -0.2) is 83.8 Å². The van der Waals surface area contributed by atoms with Crippen molar-refractivity contribution >= 4 is 11.8 Å². The molecule has 53 heavy (non-hydrogen) atoms. The highest BCUT2D eigenvalue weighted by Crippen LogP contribution is 2.61. The standard InChI is InChI=1S/C42H57N3O8/c1-6-9-24-49-41(48)45(5)38-27-36(44-52-8-3)34-25-30(16-10-12-21-46)33(18-11-13-22-47)39-35-26-32(50-28-31-17-14-15-29(4)43-31)19-20-37(35)53-42(38,40(34)39)51-23-7-2/h6-7,14-15,17,19-20,25-26,30,33,38-40,46-47H,1-2,8-13,16,18,21-24,27-28H2,3-5H3. The van der Waals surface area contributed by atoms with E-state index in [1.165, 1.54) is 0 Å². The summed E-state index contributed by atoms with van der Waals surface area (Å²) in [7, 11) is 1.72. The van der Waals surface area contributed by atoms with Gasteiger partial charge in [-0.15, -0.1) is 13.2 Å². The quantitative estimate of drug-likeness (QED) is 0.0820. The minimum Gasteiger partial charge on any atom is -0.487 e. The molecule has 2 aromatic rings. The lowest BCUT2D eigenvalue weighted by atomic mass is 9.55. The topological polar surface area (TPSA) is 132 Å². The van der Waals surface area contributed by atoms with Gasteiger partial charge >= 0.3 is 6.09 Å². The summed E-state index contributed by atoms with van der Waals surface area (Å²) in [6.07, 6.45) is 10.8. The van der Waals surface area contributed by atoms with E-state index in [4.69, 9.17) is 23.8 Å². The molecule has 11 nitrogen and oxygen atoms in total. The molecule has 1 fully saturated rings. The van der Waals surface area contributed by atoms with Gasteiger partial charge in [0, 0.05) is 43.9 Å². The van der Waals surface area contributed by atoms with E-state index in [-0.39, 0.29) is 44.2 Å². The van der Waals surface area contributed by atoms with Crippen molar-refractivity contribution < 1.29 is 38.8 Å². The lowest BCUT2D eigenvalue weighted by molar-refractivity contribution is -0.253.